The number of benzene rings is 1. The number of amides is 2. The lowest BCUT2D eigenvalue weighted by atomic mass is 10.1. The Morgan fingerprint density at radius 2 is 2.04 bits per heavy atom. The van der Waals surface area contributed by atoms with Gasteiger partial charge >= 0.3 is 0 Å². The highest BCUT2D eigenvalue weighted by Gasteiger charge is 2.29. The van der Waals surface area contributed by atoms with E-state index in [0.29, 0.717) is 31.9 Å². The van der Waals surface area contributed by atoms with Gasteiger partial charge < -0.3 is 25.0 Å². The van der Waals surface area contributed by atoms with Crippen molar-refractivity contribution in [2.24, 2.45) is 0 Å². The highest BCUT2D eigenvalue weighted by Crippen LogP contribution is 2.15. The molecule has 0 spiro atoms. The van der Waals surface area contributed by atoms with Gasteiger partial charge in [0, 0.05) is 32.4 Å². The maximum absolute atomic E-state index is 12.3. The third-order valence-electron chi connectivity index (χ3n) is 3.71. The Morgan fingerprint density at radius 3 is 2.67 bits per heavy atom. The van der Waals surface area contributed by atoms with Crippen LogP contribution < -0.4 is 15.4 Å². The molecular weight excluding hydrogens is 334 g/mol. The number of rotatable bonds is 7. The van der Waals surface area contributed by atoms with Crippen molar-refractivity contribution in [1.82, 2.24) is 10.2 Å². The van der Waals surface area contributed by atoms with Crippen LogP contribution in [0.15, 0.2) is 24.3 Å². The molecule has 2 amide bonds. The molecule has 0 aromatic heterocycles. The quantitative estimate of drug-likeness (QED) is 0.757. The van der Waals surface area contributed by atoms with Crippen molar-refractivity contribution in [3.8, 4) is 5.75 Å². The fourth-order valence-electron chi connectivity index (χ4n) is 2.45. The van der Waals surface area contributed by atoms with Gasteiger partial charge in [0.05, 0.1) is 26.2 Å². The zero-order valence-corrected chi connectivity index (χ0v) is 14.7. The van der Waals surface area contributed by atoms with Crippen molar-refractivity contribution in [1.29, 1.82) is 0 Å². The molecule has 1 aliphatic rings. The first-order valence-corrected chi connectivity index (χ1v) is 7.59. The van der Waals surface area contributed by atoms with E-state index in [4.69, 9.17) is 9.47 Å². The summed E-state index contributed by atoms with van der Waals surface area (Å²) < 4.78 is 10.1. The second-order valence-corrected chi connectivity index (χ2v) is 5.31. The summed E-state index contributed by atoms with van der Waals surface area (Å²) in [6.07, 6.45) is 0.106. The first-order chi connectivity index (χ1) is 11.1. The summed E-state index contributed by atoms with van der Waals surface area (Å²) in [5.74, 6) is 0.466. The third kappa shape index (κ3) is 5.67. The Bertz CT molecular complexity index is 539. The number of methoxy groups -OCH3 is 2. The van der Waals surface area contributed by atoms with E-state index < -0.39 is 6.04 Å². The minimum atomic E-state index is -0.487. The van der Waals surface area contributed by atoms with E-state index in [2.05, 4.69) is 10.6 Å². The molecule has 1 heterocycles. The average molecular weight is 358 g/mol. The molecule has 1 aliphatic heterocycles. The maximum atomic E-state index is 12.3. The van der Waals surface area contributed by atoms with Crippen LogP contribution in [0.25, 0.3) is 0 Å². The topological polar surface area (TPSA) is 79.9 Å². The van der Waals surface area contributed by atoms with Crippen LogP contribution in [0, 0.1) is 0 Å². The summed E-state index contributed by atoms with van der Waals surface area (Å²) in [4.78, 5) is 26.2. The molecule has 134 valence electrons. The lowest BCUT2D eigenvalue weighted by molar-refractivity contribution is -0.138. The highest BCUT2D eigenvalue weighted by molar-refractivity contribution is 5.95. The summed E-state index contributed by atoms with van der Waals surface area (Å²) in [5.41, 5.74) is 0.676. The van der Waals surface area contributed by atoms with Crippen molar-refractivity contribution in [2.75, 3.05) is 45.8 Å². The average Bonchev–Trinajstić information content (AvgIpc) is 2.56. The van der Waals surface area contributed by atoms with Gasteiger partial charge in [0.15, 0.2) is 0 Å². The number of hydrogen-bond donors (Lipinski definition) is 2. The van der Waals surface area contributed by atoms with E-state index in [-0.39, 0.29) is 30.6 Å². The summed E-state index contributed by atoms with van der Waals surface area (Å²) >= 11 is 0. The molecule has 0 bridgehead atoms. The number of ether oxygens (including phenoxy) is 2. The fourth-order valence-corrected chi connectivity index (χ4v) is 2.45. The van der Waals surface area contributed by atoms with Crippen molar-refractivity contribution >= 4 is 29.9 Å². The number of anilines is 1. The third-order valence-corrected chi connectivity index (χ3v) is 3.71. The van der Waals surface area contributed by atoms with Gasteiger partial charge in [-0.2, -0.15) is 0 Å². The molecule has 7 nitrogen and oxygen atoms in total. The number of carbonyl (C=O) groups excluding carboxylic acids is 2. The molecule has 24 heavy (non-hydrogen) atoms. The molecule has 1 aromatic rings. The standard InChI is InChI=1S/C16H23N3O4.ClH/c1-22-10-9-19-8-7-17-14(16(19)21)11-15(20)18-12-3-5-13(23-2)6-4-12;/h3-6,14,17H,7-11H2,1-2H3,(H,18,20);1H. The Kier molecular flexibility index (Phi) is 8.53. The molecule has 8 heteroatoms. The first kappa shape index (κ1) is 20.2. The molecular formula is C16H24ClN3O4. The highest BCUT2D eigenvalue weighted by atomic mass is 35.5. The van der Waals surface area contributed by atoms with Gasteiger partial charge in [-0.1, -0.05) is 0 Å². The number of nitrogens with zero attached hydrogens (tertiary/aromatic N) is 1. The largest absolute Gasteiger partial charge is 0.497 e. The van der Waals surface area contributed by atoms with Crippen molar-refractivity contribution in [3.63, 3.8) is 0 Å². The monoisotopic (exact) mass is 357 g/mol. The number of halogens is 1. The Balaban J connectivity index is 0.00000288. The molecule has 1 atom stereocenters. The smallest absolute Gasteiger partial charge is 0.240 e. The maximum Gasteiger partial charge on any atom is 0.240 e. The van der Waals surface area contributed by atoms with Crippen LogP contribution in [0.2, 0.25) is 0 Å². The number of nitrogens with one attached hydrogen (secondary N) is 2. The van der Waals surface area contributed by atoms with Crippen LogP contribution in [0.1, 0.15) is 6.42 Å². The van der Waals surface area contributed by atoms with E-state index in [1.807, 2.05) is 0 Å². The predicted octanol–water partition coefficient (Wildman–Crippen LogP) is 0.892. The number of piperazine rings is 1. The summed E-state index contributed by atoms with van der Waals surface area (Å²) in [6.45, 7) is 2.36. The molecule has 1 aromatic carbocycles. The van der Waals surface area contributed by atoms with Gasteiger partial charge in [0.1, 0.15) is 5.75 Å². The van der Waals surface area contributed by atoms with Gasteiger partial charge in [-0.3, -0.25) is 9.59 Å². The van der Waals surface area contributed by atoms with Crippen molar-refractivity contribution in [3.05, 3.63) is 24.3 Å². The second-order valence-electron chi connectivity index (χ2n) is 5.31. The van der Waals surface area contributed by atoms with E-state index in [9.17, 15) is 9.59 Å². The van der Waals surface area contributed by atoms with Crippen LogP contribution in [0.3, 0.4) is 0 Å². The summed E-state index contributed by atoms with van der Waals surface area (Å²) in [5, 5.41) is 5.89. The van der Waals surface area contributed by atoms with Gasteiger partial charge in [-0.15, -0.1) is 12.4 Å². The van der Waals surface area contributed by atoms with E-state index >= 15 is 0 Å². The van der Waals surface area contributed by atoms with Crippen molar-refractivity contribution in [2.45, 2.75) is 12.5 Å². The summed E-state index contributed by atoms with van der Waals surface area (Å²) in [7, 11) is 3.19. The second kappa shape index (κ2) is 10.1. The lowest BCUT2D eigenvalue weighted by Gasteiger charge is -2.32. The van der Waals surface area contributed by atoms with Gasteiger partial charge in [0.25, 0.3) is 0 Å². The van der Waals surface area contributed by atoms with Gasteiger partial charge in [-0.25, -0.2) is 0 Å². The SMILES string of the molecule is COCCN1CCNC(CC(=O)Nc2ccc(OC)cc2)C1=O.Cl. The molecule has 1 unspecified atom stereocenters. The minimum absolute atomic E-state index is 0. The van der Waals surface area contributed by atoms with E-state index in [1.54, 1.807) is 43.4 Å². The van der Waals surface area contributed by atoms with E-state index in [0.717, 1.165) is 5.75 Å². The molecule has 2 rings (SSSR count). The first-order valence-electron chi connectivity index (χ1n) is 7.59. The van der Waals surface area contributed by atoms with E-state index in [1.165, 1.54) is 0 Å². The number of hydrogen-bond acceptors (Lipinski definition) is 5. The predicted molar refractivity (Wildman–Crippen MR) is 93.7 cm³/mol. The lowest BCUT2D eigenvalue weighted by Crippen LogP contribution is -2.56. The van der Waals surface area contributed by atoms with Crippen LogP contribution in [0.5, 0.6) is 5.75 Å². The van der Waals surface area contributed by atoms with Crippen LogP contribution in [-0.2, 0) is 14.3 Å². The van der Waals surface area contributed by atoms with Crippen LogP contribution in [-0.4, -0.2) is 63.2 Å². The van der Waals surface area contributed by atoms with Crippen LogP contribution in [0.4, 0.5) is 5.69 Å². The Morgan fingerprint density at radius 1 is 1.33 bits per heavy atom. The Hall–Kier alpha value is -1.83. The zero-order valence-electron chi connectivity index (χ0n) is 13.9. The summed E-state index contributed by atoms with van der Waals surface area (Å²) in [6, 6.07) is 6.58. The van der Waals surface area contributed by atoms with Crippen LogP contribution >= 0.6 is 12.4 Å². The molecule has 2 N–H and O–H groups in total. The normalized spacial score (nSPS) is 17.2. The molecule has 0 saturated carbocycles. The Labute approximate surface area is 148 Å². The zero-order chi connectivity index (χ0) is 16.7. The van der Waals surface area contributed by atoms with Gasteiger partial charge in [0.2, 0.25) is 11.8 Å². The molecule has 1 saturated heterocycles. The van der Waals surface area contributed by atoms with Crippen molar-refractivity contribution < 1.29 is 19.1 Å². The number of carbonyl (C=O) groups is 2. The minimum Gasteiger partial charge on any atom is -0.497 e. The van der Waals surface area contributed by atoms with Gasteiger partial charge in [-0.05, 0) is 24.3 Å². The fraction of sp³-hybridized carbons (Fsp3) is 0.500. The molecule has 1 fully saturated rings. The molecule has 0 radical (unpaired) electrons. The molecule has 0 aliphatic carbocycles.